The zero-order valence-electron chi connectivity index (χ0n) is 22.6. The average molecular weight is 707 g/mol. The summed E-state index contributed by atoms with van der Waals surface area (Å²) in [5.41, 5.74) is 1.85. The summed E-state index contributed by atoms with van der Waals surface area (Å²) in [4.78, 5) is 18.5. The molecule has 0 aliphatic rings. The molecule has 0 fully saturated rings. The maximum absolute atomic E-state index is 13.8. The molecule has 0 atom stereocenters. The molecule has 0 saturated heterocycles. The number of fused-ring (bicyclic) bond motifs is 1. The lowest BCUT2D eigenvalue weighted by atomic mass is 10.2. The molecule has 7 nitrogen and oxygen atoms in total. The van der Waals surface area contributed by atoms with Crippen molar-refractivity contribution in [2.24, 2.45) is 16.9 Å². The van der Waals surface area contributed by atoms with Crippen molar-refractivity contribution < 1.29 is 13.2 Å². The quantitative estimate of drug-likeness (QED) is 0.125. The highest BCUT2D eigenvalue weighted by atomic mass is 79.9. The van der Waals surface area contributed by atoms with E-state index in [9.17, 15) is 13.2 Å². The van der Waals surface area contributed by atoms with Gasteiger partial charge in [0.25, 0.3) is 5.91 Å². The summed E-state index contributed by atoms with van der Waals surface area (Å²) in [5, 5.41) is 6.17. The van der Waals surface area contributed by atoms with Crippen LogP contribution in [0.4, 0.5) is 5.13 Å². The number of carbonyl (C=O) groups excluding carboxylic acids is 1. The van der Waals surface area contributed by atoms with E-state index in [4.69, 9.17) is 0 Å². The summed E-state index contributed by atoms with van der Waals surface area (Å²) < 4.78 is 31.1. The molecule has 0 saturated carbocycles. The molecule has 0 radical (unpaired) electrons. The fraction of sp³-hybridized carbons (Fsp3) is 0.276. The van der Waals surface area contributed by atoms with Crippen molar-refractivity contribution in [2.75, 3.05) is 18.1 Å². The molecule has 4 aromatic rings. The van der Waals surface area contributed by atoms with Crippen LogP contribution in [0.25, 0.3) is 10.2 Å². The Morgan fingerprint density at radius 1 is 0.925 bits per heavy atom. The van der Waals surface area contributed by atoms with Gasteiger partial charge in [0.15, 0.2) is 0 Å². The van der Waals surface area contributed by atoms with Crippen LogP contribution in [0.2, 0.25) is 0 Å². The fourth-order valence-electron chi connectivity index (χ4n) is 3.96. The van der Waals surface area contributed by atoms with E-state index in [0.717, 1.165) is 24.7 Å². The van der Waals surface area contributed by atoms with Gasteiger partial charge in [-0.3, -0.25) is 4.79 Å². The lowest BCUT2D eigenvalue weighted by molar-refractivity contribution is 0.0987. The number of sulfonamides is 1. The largest absolute Gasteiger partial charge is 0.280 e. The number of hydrogen-bond acceptors (Lipinski definition) is 6. The number of nitrogens with zero attached hydrogens (tertiary/aromatic N) is 4. The molecule has 0 spiro atoms. The molecule has 40 heavy (non-hydrogen) atoms. The van der Waals surface area contributed by atoms with E-state index in [1.54, 1.807) is 6.21 Å². The first-order valence-electron chi connectivity index (χ1n) is 12.7. The number of carbonyl (C=O) groups is 1. The molecule has 1 heterocycles. The standard InChI is InChI=1S/C29H30Br2N4O3S2/c1-19(2)17-34(18-20(3)4)40(37,38)25-12-7-22(8-13-25)28(36)35(32-16-21-5-9-23(30)10-6-21)29-33-26-14-11-24(31)15-27(26)39-29/h5-16,19-20H,17-18H2,1-4H3/b32-16+. The third-order valence-corrected chi connectivity index (χ3v) is 9.64. The van der Waals surface area contributed by atoms with Gasteiger partial charge in [-0.15, -0.1) is 0 Å². The van der Waals surface area contributed by atoms with Gasteiger partial charge in [-0.2, -0.15) is 14.4 Å². The van der Waals surface area contributed by atoms with E-state index in [1.165, 1.54) is 44.9 Å². The van der Waals surface area contributed by atoms with Crippen LogP contribution in [-0.2, 0) is 10.0 Å². The number of thiazole rings is 1. The second-order valence-corrected chi connectivity index (χ2v) is 14.9. The Morgan fingerprint density at radius 3 is 2.12 bits per heavy atom. The molecule has 0 aliphatic carbocycles. The number of halogens is 2. The van der Waals surface area contributed by atoms with E-state index in [1.807, 2.05) is 70.2 Å². The van der Waals surface area contributed by atoms with Gasteiger partial charge >= 0.3 is 0 Å². The van der Waals surface area contributed by atoms with Crippen molar-refractivity contribution in [3.8, 4) is 0 Å². The van der Waals surface area contributed by atoms with Crippen molar-refractivity contribution in [2.45, 2.75) is 32.6 Å². The van der Waals surface area contributed by atoms with Crippen LogP contribution in [0.3, 0.4) is 0 Å². The minimum Gasteiger partial charge on any atom is -0.267 e. The first-order chi connectivity index (χ1) is 18.9. The summed E-state index contributed by atoms with van der Waals surface area (Å²) in [6, 6.07) is 19.3. The van der Waals surface area contributed by atoms with Crippen molar-refractivity contribution in [1.29, 1.82) is 0 Å². The van der Waals surface area contributed by atoms with Crippen LogP contribution in [0.5, 0.6) is 0 Å². The Labute approximate surface area is 256 Å². The summed E-state index contributed by atoms with van der Waals surface area (Å²) in [6.45, 7) is 8.83. The molecule has 0 unspecified atom stereocenters. The normalized spacial score (nSPS) is 12.3. The predicted octanol–water partition coefficient (Wildman–Crippen LogP) is 7.80. The highest BCUT2D eigenvalue weighted by molar-refractivity contribution is 9.10. The highest BCUT2D eigenvalue weighted by Gasteiger charge is 2.27. The molecule has 0 N–H and O–H groups in total. The molecule has 4 rings (SSSR count). The Kier molecular flexibility index (Phi) is 9.94. The van der Waals surface area contributed by atoms with Gasteiger partial charge in [0.2, 0.25) is 15.2 Å². The molecule has 11 heteroatoms. The molecule has 1 aromatic heterocycles. The summed E-state index contributed by atoms with van der Waals surface area (Å²) >= 11 is 8.25. The molecular weight excluding hydrogens is 676 g/mol. The Hall–Kier alpha value is -2.44. The van der Waals surface area contributed by atoms with E-state index >= 15 is 0 Å². The maximum Gasteiger partial charge on any atom is 0.280 e. The lowest BCUT2D eigenvalue weighted by Gasteiger charge is -2.25. The smallest absolute Gasteiger partial charge is 0.267 e. The summed E-state index contributed by atoms with van der Waals surface area (Å²) in [6.07, 6.45) is 1.60. The van der Waals surface area contributed by atoms with Gasteiger partial charge in [0.1, 0.15) is 0 Å². The second kappa shape index (κ2) is 13.0. The average Bonchev–Trinajstić information content (AvgIpc) is 3.31. The van der Waals surface area contributed by atoms with Crippen LogP contribution < -0.4 is 5.01 Å². The number of amides is 1. The van der Waals surface area contributed by atoms with Crippen LogP contribution in [0.15, 0.2) is 85.7 Å². The van der Waals surface area contributed by atoms with Crippen molar-refractivity contribution >= 4 is 80.7 Å². The van der Waals surface area contributed by atoms with E-state index in [2.05, 4.69) is 41.9 Å². The molecule has 1 amide bonds. The van der Waals surface area contributed by atoms with Crippen LogP contribution >= 0.6 is 43.2 Å². The van der Waals surface area contributed by atoms with Crippen molar-refractivity contribution in [3.63, 3.8) is 0 Å². The maximum atomic E-state index is 13.8. The van der Waals surface area contributed by atoms with Crippen LogP contribution in [0.1, 0.15) is 43.6 Å². The third kappa shape index (κ3) is 7.44. The van der Waals surface area contributed by atoms with Crippen molar-refractivity contribution in [3.05, 3.63) is 86.8 Å². The summed E-state index contributed by atoms with van der Waals surface area (Å²) in [5.74, 6) is -0.0569. The number of benzene rings is 3. The van der Waals surface area contributed by atoms with Crippen molar-refractivity contribution in [1.82, 2.24) is 9.29 Å². The Bertz CT molecular complexity index is 1610. The zero-order valence-corrected chi connectivity index (χ0v) is 27.4. The number of hydrogen-bond donors (Lipinski definition) is 0. The first-order valence-corrected chi connectivity index (χ1v) is 16.6. The molecular formula is C29H30Br2N4O3S2. The topological polar surface area (TPSA) is 82.9 Å². The lowest BCUT2D eigenvalue weighted by Crippen LogP contribution is -2.37. The van der Waals surface area contributed by atoms with E-state index in [0.29, 0.717) is 23.8 Å². The van der Waals surface area contributed by atoms with Crippen LogP contribution in [-0.4, -0.2) is 42.9 Å². The summed E-state index contributed by atoms with van der Waals surface area (Å²) in [7, 11) is -3.72. The molecule has 210 valence electrons. The zero-order chi connectivity index (χ0) is 29.0. The fourth-order valence-corrected chi connectivity index (χ4v) is 7.47. The van der Waals surface area contributed by atoms with Gasteiger partial charge in [0, 0.05) is 27.6 Å². The van der Waals surface area contributed by atoms with Gasteiger partial charge < -0.3 is 0 Å². The SMILES string of the molecule is CC(C)CN(CC(C)C)S(=O)(=O)c1ccc(C(=O)N(/N=C/c2ccc(Br)cc2)c2nc3ccc(Br)cc3s2)cc1. The van der Waals surface area contributed by atoms with Gasteiger partial charge in [-0.1, -0.05) is 83.0 Å². The Morgan fingerprint density at radius 2 is 1.52 bits per heavy atom. The third-order valence-electron chi connectivity index (χ3n) is 5.78. The predicted molar refractivity (Wildman–Crippen MR) is 171 cm³/mol. The minimum atomic E-state index is -3.72. The molecule has 3 aromatic carbocycles. The minimum absolute atomic E-state index is 0.153. The monoisotopic (exact) mass is 704 g/mol. The molecule has 0 aliphatic heterocycles. The van der Waals surface area contributed by atoms with Crippen LogP contribution in [0, 0.1) is 11.8 Å². The number of hydrazone groups is 1. The number of anilines is 1. The van der Waals surface area contributed by atoms with Gasteiger partial charge in [0.05, 0.1) is 21.3 Å². The van der Waals surface area contributed by atoms with Gasteiger partial charge in [-0.25, -0.2) is 13.4 Å². The van der Waals surface area contributed by atoms with E-state index < -0.39 is 15.9 Å². The Balaban J connectivity index is 1.68. The first kappa shape index (κ1) is 30.5. The molecule has 0 bridgehead atoms. The highest BCUT2D eigenvalue weighted by Crippen LogP contribution is 2.32. The van der Waals surface area contributed by atoms with Gasteiger partial charge in [-0.05, 0) is 72.0 Å². The number of aromatic nitrogens is 1. The van der Waals surface area contributed by atoms with E-state index in [-0.39, 0.29) is 16.7 Å². The second-order valence-electron chi connectivity index (χ2n) is 10.2. The number of rotatable bonds is 10.